The van der Waals surface area contributed by atoms with Crippen LogP contribution in [0, 0.1) is 0 Å². The average Bonchev–Trinajstić information content (AvgIpc) is 3.04. The summed E-state index contributed by atoms with van der Waals surface area (Å²) in [5.74, 6) is -0.604. The molecule has 0 aliphatic rings. The number of carbonyl (C=O) groups is 2. The van der Waals surface area contributed by atoms with Gasteiger partial charge >= 0.3 is 11.9 Å². The first-order chi connectivity index (χ1) is 10.7. The molecular formula is C17H16O4S. The van der Waals surface area contributed by atoms with Crippen molar-refractivity contribution in [2.24, 2.45) is 0 Å². The fourth-order valence-electron chi connectivity index (χ4n) is 1.65. The minimum absolute atomic E-state index is 0.312. The Hall–Kier alpha value is -2.40. The maximum absolute atomic E-state index is 11.7. The number of benzene rings is 1. The van der Waals surface area contributed by atoms with Crippen LogP contribution in [-0.2, 0) is 9.53 Å². The quantitative estimate of drug-likeness (QED) is 0.460. The van der Waals surface area contributed by atoms with E-state index >= 15 is 0 Å². The highest BCUT2D eigenvalue weighted by atomic mass is 32.1. The molecule has 4 nitrogen and oxygen atoms in total. The van der Waals surface area contributed by atoms with Crippen molar-refractivity contribution in [3.8, 4) is 5.75 Å². The van der Waals surface area contributed by atoms with Gasteiger partial charge in [-0.15, -0.1) is 11.3 Å². The standard InChI is InChI=1S/C17H16O4S/c1-2-10-20-17(19)13-5-3-6-14(12-13)21-16(18)9-8-15-7-4-11-22-15/h3-9,11-12H,2,10H2,1H3/b9-8+. The summed E-state index contributed by atoms with van der Waals surface area (Å²) in [5, 5.41) is 1.93. The Balaban J connectivity index is 1.97. The molecule has 114 valence electrons. The van der Waals surface area contributed by atoms with Crippen molar-refractivity contribution in [3.63, 3.8) is 0 Å². The Morgan fingerprint density at radius 2 is 2.09 bits per heavy atom. The number of hydrogen-bond donors (Lipinski definition) is 0. The van der Waals surface area contributed by atoms with Crippen molar-refractivity contribution in [1.29, 1.82) is 0 Å². The molecule has 0 atom stereocenters. The second-order valence-corrected chi connectivity index (χ2v) is 5.41. The number of rotatable bonds is 6. The summed E-state index contributed by atoms with van der Waals surface area (Å²) in [6.45, 7) is 2.29. The molecule has 0 aliphatic heterocycles. The molecule has 1 heterocycles. The van der Waals surface area contributed by atoms with Crippen LogP contribution < -0.4 is 4.74 Å². The minimum atomic E-state index is -0.493. The first kappa shape index (κ1) is 16.0. The molecule has 0 aliphatic carbocycles. The van der Waals surface area contributed by atoms with Crippen molar-refractivity contribution in [3.05, 3.63) is 58.3 Å². The molecule has 0 radical (unpaired) electrons. The number of thiophene rings is 1. The highest BCUT2D eigenvalue weighted by molar-refractivity contribution is 7.10. The number of hydrogen-bond acceptors (Lipinski definition) is 5. The Bertz CT molecular complexity index is 659. The van der Waals surface area contributed by atoms with Crippen LogP contribution in [0.3, 0.4) is 0 Å². The first-order valence-electron chi connectivity index (χ1n) is 6.89. The van der Waals surface area contributed by atoms with E-state index in [2.05, 4.69) is 0 Å². The third kappa shape index (κ3) is 4.86. The summed E-state index contributed by atoms with van der Waals surface area (Å²) in [4.78, 5) is 24.5. The third-order valence-electron chi connectivity index (χ3n) is 2.65. The molecule has 0 unspecified atom stereocenters. The van der Waals surface area contributed by atoms with E-state index in [1.54, 1.807) is 24.3 Å². The summed E-state index contributed by atoms with van der Waals surface area (Å²) < 4.78 is 10.2. The zero-order valence-corrected chi connectivity index (χ0v) is 13.0. The summed E-state index contributed by atoms with van der Waals surface area (Å²) in [7, 11) is 0. The van der Waals surface area contributed by atoms with E-state index in [9.17, 15) is 9.59 Å². The van der Waals surface area contributed by atoms with Gasteiger partial charge in [0.2, 0.25) is 0 Å². The van der Waals surface area contributed by atoms with Crippen LogP contribution in [0.2, 0.25) is 0 Å². The maximum Gasteiger partial charge on any atom is 0.338 e. The number of esters is 2. The molecule has 1 aromatic heterocycles. The van der Waals surface area contributed by atoms with Crippen molar-refractivity contribution in [1.82, 2.24) is 0 Å². The van der Waals surface area contributed by atoms with E-state index in [4.69, 9.17) is 9.47 Å². The molecule has 0 bridgehead atoms. The van der Waals surface area contributed by atoms with Gasteiger partial charge in [-0.25, -0.2) is 9.59 Å². The van der Waals surface area contributed by atoms with Crippen molar-refractivity contribution < 1.29 is 19.1 Å². The highest BCUT2D eigenvalue weighted by Crippen LogP contribution is 2.15. The van der Waals surface area contributed by atoms with Crippen LogP contribution in [0.4, 0.5) is 0 Å². The molecule has 0 fully saturated rings. The van der Waals surface area contributed by atoms with Gasteiger partial charge in [-0.05, 0) is 42.1 Å². The van der Waals surface area contributed by atoms with Gasteiger partial charge < -0.3 is 9.47 Å². The van der Waals surface area contributed by atoms with Crippen LogP contribution in [-0.4, -0.2) is 18.5 Å². The smallest absolute Gasteiger partial charge is 0.338 e. The lowest BCUT2D eigenvalue weighted by molar-refractivity contribution is -0.128. The lowest BCUT2D eigenvalue weighted by Gasteiger charge is -2.05. The van der Waals surface area contributed by atoms with E-state index in [0.29, 0.717) is 17.9 Å². The molecular weight excluding hydrogens is 300 g/mol. The van der Waals surface area contributed by atoms with Crippen LogP contribution >= 0.6 is 11.3 Å². The lowest BCUT2D eigenvalue weighted by atomic mass is 10.2. The van der Waals surface area contributed by atoms with Gasteiger partial charge in [-0.1, -0.05) is 19.1 Å². The Labute approximate surface area is 133 Å². The monoisotopic (exact) mass is 316 g/mol. The Morgan fingerprint density at radius 1 is 1.23 bits per heavy atom. The fourth-order valence-corrected chi connectivity index (χ4v) is 2.27. The molecule has 22 heavy (non-hydrogen) atoms. The molecule has 2 rings (SSSR count). The minimum Gasteiger partial charge on any atom is -0.462 e. The molecule has 0 spiro atoms. The predicted octanol–water partition coefficient (Wildman–Crippen LogP) is 3.93. The summed E-state index contributed by atoms with van der Waals surface area (Å²) in [5.41, 5.74) is 0.362. The van der Waals surface area contributed by atoms with Gasteiger partial charge in [-0.3, -0.25) is 0 Å². The molecule has 0 N–H and O–H groups in total. The second kappa shape index (κ2) is 8.14. The van der Waals surface area contributed by atoms with Crippen LogP contribution in [0.25, 0.3) is 6.08 Å². The van der Waals surface area contributed by atoms with E-state index < -0.39 is 11.9 Å². The number of ether oxygens (including phenoxy) is 2. The van der Waals surface area contributed by atoms with Gasteiger partial charge in [0.25, 0.3) is 0 Å². The average molecular weight is 316 g/mol. The van der Waals surface area contributed by atoms with E-state index in [1.165, 1.54) is 23.5 Å². The molecule has 0 amide bonds. The van der Waals surface area contributed by atoms with Gasteiger partial charge in [-0.2, -0.15) is 0 Å². The third-order valence-corrected chi connectivity index (χ3v) is 3.49. The summed E-state index contributed by atoms with van der Waals surface area (Å²) in [6, 6.07) is 10.2. The van der Waals surface area contributed by atoms with Crippen LogP contribution in [0.15, 0.2) is 47.9 Å². The Kier molecular flexibility index (Phi) is 5.91. The summed E-state index contributed by atoms with van der Waals surface area (Å²) >= 11 is 1.53. The summed E-state index contributed by atoms with van der Waals surface area (Å²) in [6.07, 6.45) is 3.80. The largest absolute Gasteiger partial charge is 0.462 e. The molecule has 5 heteroatoms. The molecule has 0 saturated heterocycles. The second-order valence-electron chi connectivity index (χ2n) is 4.43. The fraction of sp³-hybridized carbons (Fsp3) is 0.176. The van der Waals surface area contributed by atoms with Gasteiger partial charge in [0, 0.05) is 11.0 Å². The van der Waals surface area contributed by atoms with Gasteiger partial charge in [0.15, 0.2) is 0 Å². The SMILES string of the molecule is CCCOC(=O)c1cccc(OC(=O)/C=C/c2cccs2)c1. The van der Waals surface area contributed by atoms with E-state index in [-0.39, 0.29) is 0 Å². The van der Waals surface area contributed by atoms with Gasteiger partial charge in [0.1, 0.15) is 5.75 Å². The zero-order chi connectivity index (χ0) is 15.8. The topological polar surface area (TPSA) is 52.6 Å². The maximum atomic E-state index is 11.7. The van der Waals surface area contributed by atoms with Crippen molar-refractivity contribution in [2.75, 3.05) is 6.61 Å². The lowest BCUT2D eigenvalue weighted by Crippen LogP contribution is -2.07. The van der Waals surface area contributed by atoms with E-state index in [0.717, 1.165) is 11.3 Å². The normalized spacial score (nSPS) is 10.6. The van der Waals surface area contributed by atoms with Crippen molar-refractivity contribution >= 4 is 29.4 Å². The molecule has 2 aromatic rings. The van der Waals surface area contributed by atoms with Crippen LogP contribution in [0.1, 0.15) is 28.6 Å². The van der Waals surface area contributed by atoms with E-state index in [1.807, 2.05) is 24.4 Å². The highest BCUT2D eigenvalue weighted by Gasteiger charge is 2.09. The zero-order valence-electron chi connectivity index (χ0n) is 12.2. The Morgan fingerprint density at radius 3 is 2.82 bits per heavy atom. The molecule has 1 aromatic carbocycles. The number of carbonyl (C=O) groups excluding carboxylic acids is 2. The van der Waals surface area contributed by atoms with Gasteiger partial charge in [0.05, 0.1) is 12.2 Å². The first-order valence-corrected chi connectivity index (χ1v) is 7.77. The van der Waals surface area contributed by atoms with Crippen LogP contribution in [0.5, 0.6) is 5.75 Å². The molecule has 0 saturated carbocycles. The van der Waals surface area contributed by atoms with Crippen molar-refractivity contribution in [2.45, 2.75) is 13.3 Å². The predicted molar refractivity (Wildman–Crippen MR) is 86.0 cm³/mol.